The quantitative estimate of drug-likeness (QED) is 0.830. The van der Waals surface area contributed by atoms with E-state index in [1.54, 1.807) is 4.90 Å². The summed E-state index contributed by atoms with van der Waals surface area (Å²) in [5, 5.41) is 9.15. The summed E-state index contributed by atoms with van der Waals surface area (Å²) in [5.74, 6) is 0.171. The predicted octanol–water partition coefficient (Wildman–Crippen LogP) is 2.40. The van der Waals surface area contributed by atoms with Gasteiger partial charge in [0.25, 0.3) is 5.91 Å². The van der Waals surface area contributed by atoms with Gasteiger partial charge in [-0.15, -0.1) is 0 Å². The molecule has 96 valence electrons. The molecule has 0 aromatic heterocycles. The third kappa shape index (κ3) is 1.85. The highest BCUT2D eigenvalue weighted by Gasteiger charge is 2.38. The highest BCUT2D eigenvalue weighted by Crippen LogP contribution is 2.38. The lowest BCUT2D eigenvalue weighted by molar-refractivity contribution is 0.0776. The van der Waals surface area contributed by atoms with Crippen molar-refractivity contribution in [2.24, 2.45) is 11.8 Å². The number of carbonyl (C=O) groups is 1. The van der Waals surface area contributed by atoms with Crippen LogP contribution < -0.4 is 0 Å². The number of halogens is 1. The third-order valence-electron chi connectivity index (χ3n) is 4.20. The molecule has 1 aromatic carbocycles. The summed E-state index contributed by atoms with van der Waals surface area (Å²) >= 11 is 0. The minimum Gasteiger partial charge on any atom is -0.508 e. The van der Waals surface area contributed by atoms with Gasteiger partial charge in [0, 0.05) is 19.2 Å². The first-order valence-electron chi connectivity index (χ1n) is 6.43. The largest absolute Gasteiger partial charge is 0.508 e. The third-order valence-corrected chi connectivity index (χ3v) is 4.20. The van der Waals surface area contributed by atoms with E-state index in [9.17, 15) is 9.18 Å². The number of likely N-dealkylation sites (tertiary alicyclic amines) is 1. The maximum absolute atomic E-state index is 13.6. The van der Waals surface area contributed by atoms with Crippen LogP contribution in [0.15, 0.2) is 18.2 Å². The van der Waals surface area contributed by atoms with Crippen molar-refractivity contribution in [1.29, 1.82) is 0 Å². The van der Waals surface area contributed by atoms with Crippen LogP contribution in [-0.2, 0) is 0 Å². The summed E-state index contributed by atoms with van der Waals surface area (Å²) in [5.41, 5.74) is 0.0628. The van der Waals surface area contributed by atoms with E-state index in [0.29, 0.717) is 11.8 Å². The Hall–Kier alpha value is -1.58. The fourth-order valence-corrected chi connectivity index (χ4v) is 3.25. The molecule has 2 atom stereocenters. The summed E-state index contributed by atoms with van der Waals surface area (Å²) < 4.78 is 13.6. The van der Waals surface area contributed by atoms with Crippen molar-refractivity contribution < 1.29 is 14.3 Å². The SMILES string of the molecule is O=C(c1ccc(O)cc1F)N1CC2CCCC2C1. The first kappa shape index (κ1) is 11.5. The summed E-state index contributed by atoms with van der Waals surface area (Å²) in [7, 11) is 0. The van der Waals surface area contributed by atoms with E-state index in [1.807, 2.05) is 0 Å². The van der Waals surface area contributed by atoms with Crippen molar-refractivity contribution in [1.82, 2.24) is 4.90 Å². The number of carbonyl (C=O) groups excluding carboxylic acids is 1. The number of aromatic hydroxyl groups is 1. The van der Waals surface area contributed by atoms with Crippen LogP contribution in [0.1, 0.15) is 29.6 Å². The molecule has 1 aromatic rings. The molecule has 2 unspecified atom stereocenters. The lowest BCUT2D eigenvalue weighted by Crippen LogP contribution is -2.30. The number of phenolic OH excluding ortho intramolecular Hbond substituents is 1. The van der Waals surface area contributed by atoms with Crippen LogP contribution in [0.4, 0.5) is 4.39 Å². The van der Waals surface area contributed by atoms with E-state index < -0.39 is 5.82 Å². The average molecular weight is 249 g/mol. The first-order valence-corrected chi connectivity index (χ1v) is 6.43. The fourth-order valence-electron chi connectivity index (χ4n) is 3.25. The minimum atomic E-state index is -0.642. The molecule has 0 spiro atoms. The van der Waals surface area contributed by atoms with Gasteiger partial charge in [0.05, 0.1) is 5.56 Å². The van der Waals surface area contributed by atoms with Gasteiger partial charge in [-0.1, -0.05) is 6.42 Å². The van der Waals surface area contributed by atoms with Gasteiger partial charge < -0.3 is 10.0 Å². The molecule has 2 fully saturated rings. The summed E-state index contributed by atoms with van der Waals surface area (Å²) in [4.78, 5) is 14.0. The number of hydrogen-bond acceptors (Lipinski definition) is 2. The fraction of sp³-hybridized carbons (Fsp3) is 0.500. The Balaban J connectivity index is 1.79. The molecule has 1 saturated carbocycles. The molecular weight excluding hydrogens is 233 g/mol. The van der Waals surface area contributed by atoms with Crippen LogP contribution >= 0.6 is 0 Å². The van der Waals surface area contributed by atoms with Gasteiger partial charge in [-0.25, -0.2) is 4.39 Å². The van der Waals surface area contributed by atoms with Crippen molar-refractivity contribution in [3.8, 4) is 5.75 Å². The molecule has 2 aliphatic rings. The van der Waals surface area contributed by atoms with Gasteiger partial charge in [0.1, 0.15) is 11.6 Å². The lowest BCUT2D eigenvalue weighted by Gasteiger charge is -2.17. The first-order chi connectivity index (χ1) is 8.65. The zero-order chi connectivity index (χ0) is 12.7. The molecule has 1 heterocycles. The topological polar surface area (TPSA) is 40.5 Å². The maximum Gasteiger partial charge on any atom is 0.256 e. The smallest absolute Gasteiger partial charge is 0.256 e. The van der Waals surface area contributed by atoms with Crippen LogP contribution in [0.5, 0.6) is 5.75 Å². The van der Waals surface area contributed by atoms with Gasteiger partial charge in [-0.2, -0.15) is 0 Å². The van der Waals surface area contributed by atoms with Crippen LogP contribution in [-0.4, -0.2) is 29.0 Å². The Labute approximate surface area is 105 Å². The predicted molar refractivity (Wildman–Crippen MR) is 64.8 cm³/mol. The minimum absolute atomic E-state index is 0.0628. The Morgan fingerprint density at radius 1 is 1.28 bits per heavy atom. The van der Waals surface area contributed by atoms with Gasteiger partial charge >= 0.3 is 0 Å². The highest BCUT2D eigenvalue weighted by atomic mass is 19.1. The number of fused-ring (bicyclic) bond motifs is 1. The molecular formula is C14H16FNO2. The summed E-state index contributed by atoms with van der Waals surface area (Å²) in [6.07, 6.45) is 3.63. The number of phenols is 1. The Morgan fingerprint density at radius 2 is 1.94 bits per heavy atom. The number of amides is 1. The van der Waals surface area contributed by atoms with Gasteiger partial charge in [0.15, 0.2) is 0 Å². The molecule has 0 bridgehead atoms. The second-order valence-corrected chi connectivity index (χ2v) is 5.33. The number of benzene rings is 1. The Kier molecular flexibility index (Phi) is 2.73. The Bertz CT molecular complexity index is 477. The second kappa shape index (κ2) is 4.26. The number of rotatable bonds is 1. The van der Waals surface area contributed by atoms with Crippen LogP contribution in [0, 0.1) is 17.7 Å². The van der Waals surface area contributed by atoms with Crippen LogP contribution in [0.2, 0.25) is 0 Å². The molecule has 4 heteroatoms. The van der Waals surface area contributed by atoms with E-state index in [2.05, 4.69) is 0 Å². The zero-order valence-corrected chi connectivity index (χ0v) is 10.1. The molecule has 1 N–H and O–H groups in total. The average Bonchev–Trinajstić information content (AvgIpc) is 2.87. The van der Waals surface area contributed by atoms with Gasteiger partial charge in [0.2, 0.25) is 0 Å². The second-order valence-electron chi connectivity index (χ2n) is 5.33. The highest BCUT2D eigenvalue weighted by molar-refractivity contribution is 5.94. The van der Waals surface area contributed by atoms with Gasteiger partial charge in [-0.05, 0) is 36.8 Å². The van der Waals surface area contributed by atoms with Gasteiger partial charge in [-0.3, -0.25) is 4.79 Å². The zero-order valence-electron chi connectivity index (χ0n) is 10.1. The number of hydrogen-bond donors (Lipinski definition) is 1. The summed E-state index contributed by atoms with van der Waals surface area (Å²) in [6.45, 7) is 1.51. The molecule has 0 radical (unpaired) electrons. The molecule has 1 aliphatic carbocycles. The van der Waals surface area contributed by atoms with E-state index >= 15 is 0 Å². The van der Waals surface area contributed by atoms with Crippen molar-refractivity contribution in [2.45, 2.75) is 19.3 Å². The lowest BCUT2D eigenvalue weighted by atomic mass is 10.0. The van der Waals surface area contributed by atoms with Crippen molar-refractivity contribution in [3.63, 3.8) is 0 Å². The van der Waals surface area contributed by atoms with E-state index in [0.717, 1.165) is 19.2 Å². The standard InChI is InChI=1S/C14H16FNO2/c15-13-6-11(17)4-5-12(13)14(18)16-7-9-2-1-3-10(9)8-16/h4-6,9-10,17H,1-3,7-8H2. The van der Waals surface area contributed by atoms with Crippen molar-refractivity contribution in [3.05, 3.63) is 29.6 Å². The molecule has 18 heavy (non-hydrogen) atoms. The Morgan fingerprint density at radius 3 is 2.56 bits per heavy atom. The molecule has 1 saturated heterocycles. The number of nitrogens with zero attached hydrogens (tertiary/aromatic N) is 1. The molecule has 3 rings (SSSR count). The molecule has 1 amide bonds. The van der Waals surface area contributed by atoms with E-state index in [-0.39, 0.29) is 17.2 Å². The maximum atomic E-state index is 13.6. The van der Waals surface area contributed by atoms with E-state index in [1.165, 1.54) is 31.4 Å². The molecule has 1 aliphatic heterocycles. The van der Waals surface area contributed by atoms with Crippen molar-refractivity contribution in [2.75, 3.05) is 13.1 Å². The summed E-state index contributed by atoms with van der Waals surface area (Å²) in [6, 6.07) is 3.71. The van der Waals surface area contributed by atoms with Crippen LogP contribution in [0.3, 0.4) is 0 Å². The molecule has 3 nitrogen and oxygen atoms in total. The normalized spacial score (nSPS) is 26.4. The van der Waals surface area contributed by atoms with Crippen molar-refractivity contribution >= 4 is 5.91 Å². The van der Waals surface area contributed by atoms with E-state index in [4.69, 9.17) is 5.11 Å². The van der Waals surface area contributed by atoms with Crippen LogP contribution in [0.25, 0.3) is 0 Å². The monoisotopic (exact) mass is 249 g/mol.